The molecule has 1 saturated carbocycles. The Hall–Kier alpha value is -1.10. The molecule has 5 heteroatoms. The van der Waals surface area contributed by atoms with Crippen LogP contribution in [0.4, 0.5) is 0 Å². The van der Waals surface area contributed by atoms with Crippen molar-refractivity contribution in [3.05, 3.63) is 34.9 Å². The lowest BCUT2D eigenvalue weighted by molar-refractivity contribution is -0.124. The van der Waals surface area contributed by atoms with Crippen LogP contribution < -0.4 is 5.32 Å². The van der Waals surface area contributed by atoms with Crippen LogP contribution in [-0.2, 0) is 4.79 Å². The van der Waals surface area contributed by atoms with E-state index in [-0.39, 0.29) is 30.9 Å². The third-order valence-corrected chi connectivity index (χ3v) is 4.63. The topological polar surface area (TPSA) is 69.6 Å². The smallest absolute Gasteiger partial charge is 0.223 e. The summed E-state index contributed by atoms with van der Waals surface area (Å²) >= 11 is 5.81. The highest BCUT2D eigenvalue weighted by Crippen LogP contribution is 2.24. The SMILES string of the molecule is O=C(CC(O)c1ccc(Cl)cc1)NC1CCCCCC1CO. The Morgan fingerprint density at radius 1 is 1.23 bits per heavy atom. The van der Waals surface area contributed by atoms with E-state index in [2.05, 4.69) is 5.32 Å². The van der Waals surface area contributed by atoms with Crippen LogP contribution >= 0.6 is 11.6 Å². The van der Waals surface area contributed by atoms with Crippen molar-refractivity contribution >= 4 is 17.5 Å². The van der Waals surface area contributed by atoms with Gasteiger partial charge in [0.1, 0.15) is 0 Å². The molecule has 4 nitrogen and oxygen atoms in total. The first-order chi connectivity index (χ1) is 10.6. The summed E-state index contributed by atoms with van der Waals surface area (Å²) in [4.78, 5) is 12.2. The summed E-state index contributed by atoms with van der Waals surface area (Å²) in [6.45, 7) is 0.102. The van der Waals surface area contributed by atoms with Crippen molar-refractivity contribution in [3.8, 4) is 0 Å². The summed E-state index contributed by atoms with van der Waals surface area (Å²) in [5.41, 5.74) is 0.680. The minimum Gasteiger partial charge on any atom is -0.396 e. The van der Waals surface area contributed by atoms with Gasteiger partial charge in [-0.3, -0.25) is 4.79 Å². The third kappa shape index (κ3) is 4.97. The number of aliphatic hydroxyl groups excluding tert-OH is 2. The van der Waals surface area contributed by atoms with E-state index < -0.39 is 6.10 Å². The van der Waals surface area contributed by atoms with Crippen LogP contribution in [-0.4, -0.2) is 28.8 Å². The van der Waals surface area contributed by atoms with Gasteiger partial charge in [0.2, 0.25) is 5.91 Å². The fraction of sp³-hybridized carbons (Fsp3) is 0.588. The van der Waals surface area contributed by atoms with Crippen LogP contribution in [0.5, 0.6) is 0 Å². The Labute approximate surface area is 136 Å². The lowest BCUT2D eigenvalue weighted by Gasteiger charge is -2.25. The molecule has 1 aliphatic carbocycles. The Balaban J connectivity index is 1.89. The molecular formula is C17H24ClNO3. The van der Waals surface area contributed by atoms with E-state index in [0.29, 0.717) is 10.6 Å². The molecule has 1 aliphatic rings. The second-order valence-electron chi connectivity index (χ2n) is 6.03. The summed E-state index contributed by atoms with van der Waals surface area (Å²) in [6, 6.07) is 6.86. The highest BCUT2D eigenvalue weighted by Gasteiger charge is 2.25. The standard InChI is InChI=1S/C17H24ClNO3/c18-14-8-6-12(7-9-14)16(21)10-17(22)19-15-5-3-1-2-4-13(15)11-20/h6-9,13,15-16,20-21H,1-5,10-11H2,(H,19,22). The molecule has 3 N–H and O–H groups in total. The molecule has 2 rings (SSSR count). The van der Waals surface area contributed by atoms with Crippen LogP contribution in [0, 0.1) is 5.92 Å². The van der Waals surface area contributed by atoms with Crippen molar-refractivity contribution in [2.75, 3.05) is 6.61 Å². The number of halogens is 1. The molecular weight excluding hydrogens is 302 g/mol. The van der Waals surface area contributed by atoms with Crippen molar-refractivity contribution in [2.45, 2.75) is 50.7 Å². The molecule has 1 fully saturated rings. The quantitative estimate of drug-likeness (QED) is 0.729. The van der Waals surface area contributed by atoms with Gasteiger partial charge in [-0.2, -0.15) is 0 Å². The van der Waals surface area contributed by atoms with Crippen molar-refractivity contribution < 1.29 is 15.0 Å². The van der Waals surface area contributed by atoms with Gasteiger partial charge in [0.15, 0.2) is 0 Å². The Morgan fingerprint density at radius 2 is 1.91 bits per heavy atom. The summed E-state index contributed by atoms with van der Waals surface area (Å²) < 4.78 is 0. The molecule has 0 bridgehead atoms. The molecule has 22 heavy (non-hydrogen) atoms. The fourth-order valence-corrected chi connectivity index (χ4v) is 3.16. The van der Waals surface area contributed by atoms with Gasteiger partial charge in [-0.1, -0.05) is 43.0 Å². The minimum absolute atomic E-state index is 0.0115. The van der Waals surface area contributed by atoms with Gasteiger partial charge in [-0.25, -0.2) is 0 Å². The summed E-state index contributed by atoms with van der Waals surface area (Å²) in [7, 11) is 0. The summed E-state index contributed by atoms with van der Waals surface area (Å²) in [6.07, 6.45) is 4.35. The molecule has 0 spiro atoms. The molecule has 3 unspecified atom stereocenters. The Kier molecular flexibility index (Phi) is 6.68. The van der Waals surface area contributed by atoms with Gasteiger partial charge in [0, 0.05) is 23.6 Å². The maximum Gasteiger partial charge on any atom is 0.223 e. The van der Waals surface area contributed by atoms with E-state index in [0.717, 1.165) is 32.1 Å². The van der Waals surface area contributed by atoms with Gasteiger partial charge < -0.3 is 15.5 Å². The zero-order valence-corrected chi connectivity index (χ0v) is 13.4. The maximum atomic E-state index is 12.2. The minimum atomic E-state index is -0.837. The summed E-state index contributed by atoms with van der Waals surface area (Å²) in [5, 5.41) is 23.2. The Morgan fingerprint density at radius 3 is 2.59 bits per heavy atom. The van der Waals surface area contributed by atoms with Crippen molar-refractivity contribution in [1.82, 2.24) is 5.32 Å². The summed E-state index contributed by atoms with van der Waals surface area (Å²) in [5.74, 6) is -0.0491. The molecule has 0 saturated heterocycles. The lowest BCUT2D eigenvalue weighted by atomic mass is 9.95. The molecule has 1 amide bonds. The van der Waals surface area contributed by atoms with E-state index >= 15 is 0 Å². The van der Waals surface area contributed by atoms with Crippen molar-refractivity contribution in [2.24, 2.45) is 5.92 Å². The van der Waals surface area contributed by atoms with E-state index in [1.54, 1.807) is 24.3 Å². The van der Waals surface area contributed by atoms with Crippen molar-refractivity contribution in [1.29, 1.82) is 0 Å². The van der Waals surface area contributed by atoms with E-state index in [4.69, 9.17) is 11.6 Å². The molecule has 3 atom stereocenters. The molecule has 1 aromatic rings. The van der Waals surface area contributed by atoms with Gasteiger partial charge >= 0.3 is 0 Å². The first kappa shape index (κ1) is 17.3. The predicted molar refractivity (Wildman–Crippen MR) is 86.6 cm³/mol. The number of nitrogens with one attached hydrogen (secondary N) is 1. The molecule has 1 aromatic carbocycles. The number of hydrogen-bond donors (Lipinski definition) is 3. The first-order valence-electron chi connectivity index (χ1n) is 7.94. The number of rotatable bonds is 5. The van der Waals surface area contributed by atoms with Crippen LogP contribution in [0.2, 0.25) is 5.02 Å². The van der Waals surface area contributed by atoms with Crippen molar-refractivity contribution in [3.63, 3.8) is 0 Å². The average Bonchev–Trinajstić information content (AvgIpc) is 2.72. The highest BCUT2D eigenvalue weighted by molar-refractivity contribution is 6.30. The fourth-order valence-electron chi connectivity index (χ4n) is 3.04. The number of amides is 1. The van der Waals surface area contributed by atoms with Crippen LogP contribution in [0.3, 0.4) is 0 Å². The van der Waals surface area contributed by atoms with Gasteiger partial charge in [0.25, 0.3) is 0 Å². The zero-order chi connectivity index (χ0) is 15.9. The first-order valence-corrected chi connectivity index (χ1v) is 8.31. The predicted octanol–water partition coefficient (Wildman–Crippen LogP) is 2.82. The molecule has 0 heterocycles. The highest BCUT2D eigenvalue weighted by atomic mass is 35.5. The molecule has 0 aliphatic heterocycles. The van der Waals surface area contributed by atoms with Crippen LogP contribution in [0.25, 0.3) is 0 Å². The number of hydrogen-bond acceptors (Lipinski definition) is 3. The molecule has 122 valence electrons. The lowest BCUT2D eigenvalue weighted by Crippen LogP contribution is -2.41. The third-order valence-electron chi connectivity index (χ3n) is 4.37. The van der Waals surface area contributed by atoms with E-state index in [1.165, 1.54) is 0 Å². The van der Waals surface area contributed by atoms with Gasteiger partial charge in [-0.15, -0.1) is 0 Å². The number of aliphatic hydroxyl groups is 2. The van der Waals surface area contributed by atoms with Gasteiger partial charge in [-0.05, 0) is 30.5 Å². The molecule has 0 aromatic heterocycles. The maximum absolute atomic E-state index is 12.2. The second kappa shape index (κ2) is 8.51. The number of carbonyl (C=O) groups is 1. The second-order valence-corrected chi connectivity index (χ2v) is 6.46. The average molecular weight is 326 g/mol. The van der Waals surface area contributed by atoms with Crippen LogP contribution in [0.1, 0.15) is 50.2 Å². The Bertz CT molecular complexity index is 477. The largest absolute Gasteiger partial charge is 0.396 e. The monoisotopic (exact) mass is 325 g/mol. The van der Waals surface area contributed by atoms with E-state index in [1.807, 2.05) is 0 Å². The van der Waals surface area contributed by atoms with E-state index in [9.17, 15) is 15.0 Å². The normalized spacial score (nSPS) is 23.6. The number of carbonyl (C=O) groups excluding carboxylic acids is 1. The zero-order valence-electron chi connectivity index (χ0n) is 12.7. The molecule has 0 radical (unpaired) electrons. The van der Waals surface area contributed by atoms with Crippen LogP contribution in [0.15, 0.2) is 24.3 Å². The number of benzene rings is 1. The van der Waals surface area contributed by atoms with Gasteiger partial charge in [0.05, 0.1) is 12.5 Å².